The highest BCUT2D eigenvalue weighted by molar-refractivity contribution is 6.32. The van der Waals surface area contributed by atoms with Gasteiger partial charge in [-0.2, -0.15) is 0 Å². The average Bonchev–Trinajstić information content (AvgIpc) is 3.47. The van der Waals surface area contributed by atoms with E-state index >= 15 is 0 Å². The van der Waals surface area contributed by atoms with Crippen LogP contribution in [0.4, 0.5) is 27.1 Å². The number of nitrogens with one attached hydrogen (secondary N) is 1. The number of rotatable bonds is 5. The molecule has 246 valence electrons. The van der Waals surface area contributed by atoms with Crippen LogP contribution in [0, 0.1) is 34.9 Å². The Balaban J connectivity index is 1.17. The third-order valence-corrected chi connectivity index (χ3v) is 11.2. The normalized spacial score (nSPS) is 27.5. The van der Waals surface area contributed by atoms with Crippen LogP contribution in [0.2, 0.25) is 5.02 Å². The molecule has 2 aliphatic carbocycles. The summed E-state index contributed by atoms with van der Waals surface area (Å²) in [4.78, 5) is 59.4. The second kappa shape index (κ2) is 11.4. The van der Waals surface area contributed by atoms with E-state index in [0.717, 1.165) is 27.9 Å². The number of nitrogens with zero attached hydrogens (tertiary/aromatic N) is 2. The van der Waals surface area contributed by atoms with E-state index in [-0.39, 0.29) is 41.1 Å². The summed E-state index contributed by atoms with van der Waals surface area (Å²) in [6.07, 6.45) is 2.35. The van der Waals surface area contributed by atoms with Crippen molar-refractivity contribution in [1.82, 2.24) is 0 Å². The minimum Gasteiger partial charge on any atom is -0.508 e. The summed E-state index contributed by atoms with van der Waals surface area (Å²) in [5.41, 5.74) is 2.16. The van der Waals surface area contributed by atoms with Crippen LogP contribution in [-0.4, -0.2) is 28.7 Å². The Morgan fingerprint density at radius 2 is 1.47 bits per heavy atom. The third-order valence-electron chi connectivity index (χ3n) is 10.9. The van der Waals surface area contributed by atoms with Gasteiger partial charge in [0.15, 0.2) is 0 Å². The molecule has 10 heteroatoms. The van der Waals surface area contributed by atoms with Crippen LogP contribution in [0.1, 0.15) is 31.2 Å². The van der Waals surface area contributed by atoms with Gasteiger partial charge in [0, 0.05) is 22.9 Å². The number of imide groups is 2. The predicted octanol–water partition coefficient (Wildman–Crippen LogP) is 7.36. The molecule has 8 rings (SSSR count). The number of benzene rings is 4. The van der Waals surface area contributed by atoms with E-state index in [1.54, 1.807) is 37.3 Å². The fourth-order valence-corrected chi connectivity index (χ4v) is 8.77. The Labute approximate surface area is 286 Å². The van der Waals surface area contributed by atoms with Crippen molar-refractivity contribution in [3.05, 3.63) is 125 Å². The highest BCUT2D eigenvalue weighted by Crippen LogP contribution is 2.64. The van der Waals surface area contributed by atoms with Gasteiger partial charge in [0.2, 0.25) is 23.6 Å². The molecule has 1 saturated carbocycles. The first-order valence-corrected chi connectivity index (χ1v) is 16.6. The highest BCUT2D eigenvalue weighted by Gasteiger charge is 2.68. The minimum absolute atomic E-state index is 0.0423. The molecule has 0 unspecified atom stereocenters. The van der Waals surface area contributed by atoms with Crippen LogP contribution >= 0.6 is 11.6 Å². The van der Waals surface area contributed by atoms with Gasteiger partial charge in [-0.05, 0) is 86.3 Å². The minimum atomic E-state index is -1.35. The largest absolute Gasteiger partial charge is 0.508 e. The molecule has 2 N–H and O–H groups in total. The number of aromatic hydroxyl groups is 1. The van der Waals surface area contributed by atoms with Crippen molar-refractivity contribution in [2.75, 3.05) is 15.1 Å². The van der Waals surface area contributed by atoms with Crippen molar-refractivity contribution in [2.45, 2.75) is 25.7 Å². The van der Waals surface area contributed by atoms with Gasteiger partial charge in [-0.15, -0.1) is 0 Å². The summed E-state index contributed by atoms with van der Waals surface area (Å²) in [6, 6.07) is 27.1. The molecule has 4 aromatic rings. The van der Waals surface area contributed by atoms with Gasteiger partial charge >= 0.3 is 0 Å². The van der Waals surface area contributed by atoms with Crippen LogP contribution in [0.25, 0.3) is 0 Å². The number of hydrogen-bond acceptors (Lipinski definition) is 6. The maximum Gasteiger partial charge on any atom is 0.241 e. The van der Waals surface area contributed by atoms with E-state index < -0.39 is 52.6 Å². The first-order valence-electron chi connectivity index (χ1n) is 16.2. The van der Waals surface area contributed by atoms with Gasteiger partial charge in [-0.3, -0.25) is 24.1 Å². The molecule has 4 aliphatic rings. The van der Waals surface area contributed by atoms with Gasteiger partial charge in [-0.1, -0.05) is 59.6 Å². The number of carbonyl (C=O) groups excluding carboxylic acids is 4. The highest BCUT2D eigenvalue weighted by atomic mass is 35.5. The van der Waals surface area contributed by atoms with Gasteiger partial charge in [-0.25, -0.2) is 9.29 Å². The molecule has 2 heterocycles. The second-order valence-corrected chi connectivity index (χ2v) is 13.8. The van der Waals surface area contributed by atoms with Gasteiger partial charge < -0.3 is 10.4 Å². The van der Waals surface area contributed by atoms with Crippen LogP contribution in [0.15, 0.2) is 109 Å². The Kier molecular flexibility index (Phi) is 7.22. The number of para-hydroxylation sites is 2. The Morgan fingerprint density at radius 1 is 0.796 bits per heavy atom. The van der Waals surface area contributed by atoms with Gasteiger partial charge in [0.1, 0.15) is 11.6 Å². The first-order chi connectivity index (χ1) is 23.6. The molecule has 8 nitrogen and oxygen atoms in total. The van der Waals surface area contributed by atoms with E-state index in [4.69, 9.17) is 11.6 Å². The number of anilines is 4. The van der Waals surface area contributed by atoms with Crippen LogP contribution in [0.5, 0.6) is 5.75 Å². The molecular formula is C39H31ClFN3O5. The molecule has 4 amide bonds. The van der Waals surface area contributed by atoms with E-state index in [2.05, 4.69) is 5.32 Å². The molecule has 0 radical (unpaired) electrons. The lowest BCUT2D eigenvalue weighted by Gasteiger charge is -2.49. The lowest BCUT2D eigenvalue weighted by Crippen LogP contribution is -2.48. The molecule has 2 aliphatic heterocycles. The number of phenols is 1. The zero-order valence-electron chi connectivity index (χ0n) is 26.3. The van der Waals surface area contributed by atoms with Crippen LogP contribution in [-0.2, 0) is 19.2 Å². The molecule has 3 fully saturated rings. The van der Waals surface area contributed by atoms with E-state index in [9.17, 15) is 28.7 Å². The number of fused-ring (bicyclic) bond motifs is 4. The molecule has 0 spiro atoms. The Hall–Kier alpha value is -5.28. The van der Waals surface area contributed by atoms with Gasteiger partial charge in [0.05, 0.1) is 39.6 Å². The zero-order chi connectivity index (χ0) is 34.2. The number of phenolic OH excluding ortho intramolecular Hbond substituents is 1. The third kappa shape index (κ3) is 4.63. The number of allylic oxidation sites excluding steroid dienone is 2. The van der Waals surface area contributed by atoms with Crippen LogP contribution < -0.4 is 15.1 Å². The maximum atomic E-state index is 14.5. The number of amides is 4. The van der Waals surface area contributed by atoms with Crippen molar-refractivity contribution in [3.63, 3.8) is 0 Å². The summed E-state index contributed by atoms with van der Waals surface area (Å²) >= 11 is 6.08. The second-order valence-electron chi connectivity index (χ2n) is 13.4. The van der Waals surface area contributed by atoms with Crippen molar-refractivity contribution < 1.29 is 28.7 Å². The standard InChI is InChI=1S/C39H31ClFN3O5/c1-39-29(36(47)44(38(39)49)24-15-18-31(41)30(40)19-24)20-28-25(34(39)26-9-5-6-10-32(26)45)16-17-27-33(28)37(48)43(35(27)46)23-13-11-22(12-14-23)42-21-7-3-2-4-8-21/h2-16,18-19,27-29,33-34,42,45H,17,20H2,1H3/t27-,28+,29-,33-,34+,39+/m0/s1. The fourth-order valence-electron chi connectivity index (χ4n) is 8.60. The summed E-state index contributed by atoms with van der Waals surface area (Å²) in [5, 5.41) is 14.2. The predicted molar refractivity (Wildman–Crippen MR) is 183 cm³/mol. The van der Waals surface area contributed by atoms with Crippen LogP contribution in [0.3, 0.4) is 0 Å². The summed E-state index contributed by atoms with van der Waals surface area (Å²) in [7, 11) is 0. The molecule has 4 aromatic carbocycles. The molecule has 0 aromatic heterocycles. The fraction of sp³-hybridized carbons (Fsp3) is 0.231. The smallest absolute Gasteiger partial charge is 0.241 e. The Bertz CT molecular complexity index is 2090. The number of halogens is 2. The lowest BCUT2D eigenvalue weighted by atomic mass is 9.51. The summed E-state index contributed by atoms with van der Waals surface area (Å²) in [6.45, 7) is 1.72. The molecule has 0 bridgehead atoms. The Morgan fingerprint density at radius 3 is 2.18 bits per heavy atom. The van der Waals surface area contributed by atoms with E-state index in [0.29, 0.717) is 11.3 Å². The molecule has 2 saturated heterocycles. The molecule has 49 heavy (non-hydrogen) atoms. The van der Waals surface area contributed by atoms with E-state index in [1.807, 2.05) is 48.5 Å². The SMILES string of the molecule is C[C@@]12C(=O)N(c3ccc(F)c(Cl)c3)C(=O)[C@@H]1C[C@@H]1C(=CC[C@@H]3C(=O)N(c4ccc(Nc5ccccc5)cc4)C(=O)[C@@H]31)[C@@H]2c1ccccc1O. The summed E-state index contributed by atoms with van der Waals surface area (Å²) < 4.78 is 14.1. The monoisotopic (exact) mass is 675 g/mol. The van der Waals surface area contributed by atoms with E-state index in [1.165, 1.54) is 23.1 Å². The topological polar surface area (TPSA) is 107 Å². The zero-order valence-corrected chi connectivity index (χ0v) is 27.1. The maximum absolute atomic E-state index is 14.5. The van der Waals surface area contributed by atoms with Crippen molar-refractivity contribution in [3.8, 4) is 5.75 Å². The lowest BCUT2D eigenvalue weighted by molar-refractivity contribution is -0.131. The van der Waals surface area contributed by atoms with Crippen molar-refractivity contribution in [2.24, 2.45) is 29.1 Å². The number of carbonyl (C=O) groups is 4. The van der Waals surface area contributed by atoms with Gasteiger partial charge in [0.25, 0.3) is 0 Å². The average molecular weight is 676 g/mol. The quantitative estimate of drug-likeness (QED) is 0.169. The molecular weight excluding hydrogens is 645 g/mol. The van der Waals surface area contributed by atoms with Crippen molar-refractivity contribution in [1.29, 1.82) is 0 Å². The molecule has 6 atom stereocenters. The summed E-state index contributed by atoms with van der Waals surface area (Å²) in [5.74, 6) is -5.99. The first kappa shape index (κ1) is 31.0. The number of hydrogen-bond donors (Lipinski definition) is 2. The van der Waals surface area contributed by atoms with Crippen molar-refractivity contribution >= 4 is 58.0 Å².